The van der Waals surface area contributed by atoms with E-state index in [0.717, 1.165) is 11.3 Å². The molecule has 1 amide bonds. The Morgan fingerprint density at radius 3 is 2.55 bits per heavy atom. The summed E-state index contributed by atoms with van der Waals surface area (Å²) in [6.07, 6.45) is 0. The number of carbonyl (C=O) groups is 1. The number of aromatic nitrogens is 3. The topological polar surface area (TPSA) is 61.9 Å². The highest BCUT2D eigenvalue weighted by Gasteiger charge is 2.23. The van der Waals surface area contributed by atoms with Gasteiger partial charge in [-0.3, -0.25) is 9.89 Å². The van der Waals surface area contributed by atoms with Gasteiger partial charge >= 0.3 is 0 Å². The molecule has 0 aliphatic carbocycles. The van der Waals surface area contributed by atoms with Crippen LogP contribution in [0, 0.1) is 6.92 Å². The maximum Gasteiger partial charge on any atom is 0.297 e. The molecule has 2 rings (SSSR count). The van der Waals surface area contributed by atoms with Gasteiger partial charge in [-0.1, -0.05) is 32.9 Å². The molecule has 0 aliphatic heterocycles. The lowest BCUT2D eigenvalue weighted by Gasteiger charge is -2.16. The van der Waals surface area contributed by atoms with Gasteiger partial charge < -0.3 is 4.90 Å². The van der Waals surface area contributed by atoms with E-state index >= 15 is 0 Å². The van der Waals surface area contributed by atoms with Crippen molar-refractivity contribution in [3.05, 3.63) is 41.5 Å². The van der Waals surface area contributed by atoms with Crippen LogP contribution >= 0.6 is 0 Å². The molecular weight excluding hydrogens is 252 g/mol. The number of nitrogens with one attached hydrogen (secondary N) is 1. The van der Waals surface area contributed by atoms with Gasteiger partial charge in [0.15, 0.2) is 0 Å². The summed E-state index contributed by atoms with van der Waals surface area (Å²) in [7, 11) is 1.73. The zero-order chi connectivity index (χ0) is 14.9. The van der Waals surface area contributed by atoms with E-state index in [4.69, 9.17) is 0 Å². The third-order valence-corrected chi connectivity index (χ3v) is 3.08. The fourth-order valence-corrected chi connectivity index (χ4v) is 1.80. The number of anilines is 1. The lowest BCUT2D eigenvalue weighted by Crippen LogP contribution is -2.27. The molecule has 106 valence electrons. The Morgan fingerprint density at radius 1 is 1.30 bits per heavy atom. The second-order valence-corrected chi connectivity index (χ2v) is 5.96. The molecule has 0 bridgehead atoms. The first-order valence-corrected chi connectivity index (χ1v) is 6.56. The van der Waals surface area contributed by atoms with Crippen LogP contribution in [0.4, 0.5) is 5.69 Å². The van der Waals surface area contributed by atoms with Crippen molar-refractivity contribution in [2.45, 2.75) is 33.1 Å². The number of aryl methyl sites for hydroxylation is 1. The van der Waals surface area contributed by atoms with Gasteiger partial charge in [0.05, 0.1) is 0 Å². The summed E-state index contributed by atoms with van der Waals surface area (Å²) in [6.45, 7) is 8.05. The van der Waals surface area contributed by atoms with E-state index in [1.807, 2.05) is 52.0 Å². The molecule has 0 saturated heterocycles. The second-order valence-electron chi connectivity index (χ2n) is 5.96. The van der Waals surface area contributed by atoms with Gasteiger partial charge in [0.25, 0.3) is 5.91 Å². The van der Waals surface area contributed by atoms with Crippen molar-refractivity contribution in [2.75, 3.05) is 11.9 Å². The van der Waals surface area contributed by atoms with Crippen LogP contribution in [0.3, 0.4) is 0 Å². The van der Waals surface area contributed by atoms with Crippen LogP contribution < -0.4 is 4.90 Å². The average molecular weight is 272 g/mol. The molecule has 0 aliphatic rings. The molecule has 5 nitrogen and oxygen atoms in total. The Bertz CT molecular complexity index is 625. The molecule has 1 aromatic heterocycles. The molecule has 0 unspecified atom stereocenters. The quantitative estimate of drug-likeness (QED) is 0.914. The molecule has 0 spiro atoms. The predicted molar refractivity (Wildman–Crippen MR) is 79.0 cm³/mol. The van der Waals surface area contributed by atoms with Crippen LogP contribution in [0.15, 0.2) is 24.3 Å². The van der Waals surface area contributed by atoms with Gasteiger partial charge in [-0.05, 0) is 24.6 Å². The van der Waals surface area contributed by atoms with E-state index in [0.29, 0.717) is 5.82 Å². The van der Waals surface area contributed by atoms with Crippen LogP contribution in [-0.4, -0.2) is 28.1 Å². The fraction of sp³-hybridized carbons (Fsp3) is 0.400. The number of hydrogen-bond acceptors (Lipinski definition) is 3. The average Bonchev–Trinajstić information content (AvgIpc) is 2.86. The van der Waals surface area contributed by atoms with Gasteiger partial charge in [0.2, 0.25) is 5.82 Å². The molecule has 0 saturated carbocycles. The maximum absolute atomic E-state index is 12.4. The summed E-state index contributed by atoms with van der Waals surface area (Å²) in [4.78, 5) is 18.2. The Morgan fingerprint density at radius 2 is 2.00 bits per heavy atom. The van der Waals surface area contributed by atoms with Gasteiger partial charge in [0.1, 0.15) is 5.82 Å². The van der Waals surface area contributed by atoms with Crippen molar-refractivity contribution in [2.24, 2.45) is 0 Å². The number of hydrogen-bond donors (Lipinski definition) is 1. The highest BCUT2D eigenvalue weighted by molar-refractivity contribution is 6.03. The first kappa shape index (κ1) is 14.2. The molecule has 0 radical (unpaired) electrons. The predicted octanol–water partition coefficient (Wildman–Crippen LogP) is 2.69. The minimum Gasteiger partial charge on any atom is -0.309 e. The van der Waals surface area contributed by atoms with E-state index < -0.39 is 0 Å². The summed E-state index contributed by atoms with van der Waals surface area (Å²) in [5, 5.41) is 6.86. The molecule has 1 N–H and O–H groups in total. The Hall–Kier alpha value is -2.17. The summed E-state index contributed by atoms with van der Waals surface area (Å²) < 4.78 is 0. The number of rotatable bonds is 2. The number of benzene rings is 1. The number of aromatic amines is 1. The Kier molecular flexibility index (Phi) is 3.61. The number of amides is 1. The molecule has 20 heavy (non-hydrogen) atoms. The third-order valence-electron chi connectivity index (χ3n) is 3.08. The zero-order valence-corrected chi connectivity index (χ0v) is 12.6. The van der Waals surface area contributed by atoms with Crippen LogP contribution in [0.2, 0.25) is 0 Å². The highest BCUT2D eigenvalue weighted by Crippen LogP contribution is 2.19. The van der Waals surface area contributed by atoms with Crippen molar-refractivity contribution in [1.29, 1.82) is 0 Å². The van der Waals surface area contributed by atoms with Crippen molar-refractivity contribution in [3.63, 3.8) is 0 Å². The Balaban J connectivity index is 2.25. The molecule has 1 aromatic carbocycles. The minimum absolute atomic E-state index is 0.159. The standard InChI is InChI=1S/C15H20N4O/c1-10-7-6-8-11(9-10)19(5)13(20)12-16-14(18-17-12)15(2,3)4/h6-9H,1-5H3,(H,16,17,18). The normalized spacial score (nSPS) is 11.4. The monoisotopic (exact) mass is 272 g/mol. The first-order chi connectivity index (χ1) is 9.29. The fourth-order valence-electron chi connectivity index (χ4n) is 1.80. The smallest absolute Gasteiger partial charge is 0.297 e. The number of H-pyrrole nitrogens is 1. The minimum atomic E-state index is -0.220. The summed E-state index contributed by atoms with van der Waals surface area (Å²) in [5.41, 5.74) is 1.78. The lowest BCUT2D eigenvalue weighted by atomic mass is 9.96. The molecule has 0 atom stereocenters. The van der Waals surface area contributed by atoms with Gasteiger partial charge in [-0.15, -0.1) is 5.10 Å². The molecule has 0 fully saturated rings. The lowest BCUT2D eigenvalue weighted by molar-refractivity contribution is 0.0983. The van der Waals surface area contributed by atoms with Crippen LogP contribution in [0.25, 0.3) is 0 Å². The van der Waals surface area contributed by atoms with Crippen molar-refractivity contribution in [3.8, 4) is 0 Å². The van der Waals surface area contributed by atoms with Crippen LogP contribution in [0.5, 0.6) is 0 Å². The van der Waals surface area contributed by atoms with E-state index in [2.05, 4.69) is 15.2 Å². The van der Waals surface area contributed by atoms with Crippen LogP contribution in [0.1, 0.15) is 42.8 Å². The zero-order valence-electron chi connectivity index (χ0n) is 12.6. The summed E-state index contributed by atoms with van der Waals surface area (Å²) in [6, 6.07) is 7.76. The molecule has 2 aromatic rings. The molecule has 1 heterocycles. The van der Waals surface area contributed by atoms with E-state index in [1.54, 1.807) is 11.9 Å². The van der Waals surface area contributed by atoms with Crippen molar-refractivity contribution in [1.82, 2.24) is 15.2 Å². The molecular formula is C15H20N4O. The van der Waals surface area contributed by atoms with Gasteiger partial charge in [-0.2, -0.15) is 0 Å². The van der Waals surface area contributed by atoms with Gasteiger partial charge in [0, 0.05) is 18.2 Å². The van der Waals surface area contributed by atoms with E-state index in [1.165, 1.54) is 0 Å². The van der Waals surface area contributed by atoms with Crippen LogP contribution in [-0.2, 0) is 5.41 Å². The molecule has 5 heteroatoms. The third kappa shape index (κ3) is 2.87. The SMILES string of the molecule is Cc1cccc(N(C)C(=O)c2n[nH]c(C(C)(C)C)n2)c1. The Labute approximate surface area is 119 Å². The largest absolute Gasteiger partial charge is 0.309 e. The first-order valence-electron chi connectivity index (χ1n) is 6.56. The van der Waals surface area contributed by atoms with Crippen molar-refractivity contribution >= 4 is 11.6 Å². The van der Waals surface area contributed by atoms with Gasteiger partial charge in [-0.25, -0.2) is 4.98 Å². The highest BCUT2D eigenvalue weighted by atomic mass is 16.2. The summed E-state index contributed by atoms with van der Waals surface area (Å²) in [5.74, 6) is 0.680. The van der Waals surface area contributed by atoms with Crippen molar-refractivity contribution < 1.29 is 4.79 Å². The second kappa shape index (κ2) is 5.07. The number of nitrogens with zero attached hydrogens (tertiary/aromatic N) is 3. The number of carbonyl (C=O) groups excluding carboxylic acids is 1. The maximum atomic E-state index is 12.4. The van der Waals surface area contributed by atoms with E-state index in [-0.39, 0.29) is 17.1 Å². The summed E-state index contributed by atoms with van der Waals surface area (Å²) >= 11 is 0. The van der Waals surface area contributed by atoms with E-state index in [9.17, 15) is 4.79 Å².